The van der Waals surface area contributed by atoms with Crippen molar-refractivity contribution in [2.75, 3.05) is 18.5 Å². The van der Waals surface area contributed by atoms with Crippen LogP contribution in [-0.4, -0.2) is 39.4 Å². The van der Waals surface area contributed by atoms with Crippen LogP contribution in [0.4, 0.5) is 5.95 Å². The Morgan fingerprint density at radius 2 is 2.12 bits per heavy atom. The fourth-order valence-electron chi connectivity index (χ4n) is 2.83. The zero-order chi connectivity index (χ0) is 17.8. The van der Waals surface area contributed by atoms with Crippen molar-refractivity contribution < 1.29 is 14.3 Å². The molecule has 0 radical (unpaired) electrons. The van der Waals surface area contributed by atoms with Crippen LogP contribution in [0.1, 0.15) is 38.8 Å². The van der Waals surface area contributed by atoms with Crippen molar-refractivity contribution in [1.82, 2.24) is 20.2 Å². The lowest BCUT2D eigenvalue weighted by Gasteiger charge is -2.28. The van der Waals surface area contributed by atoms with Gasteiger partial charge in [-0.2, -0.15) is 4.68 Å². The van der Waals surface area contributed by atoms with Crippen LogP contribution >= 0.6 is 0 Å². The molecule has 1 aromatic heterocycles. The highest BCUT2D eigenvalue weighted by atomic mass is 16.5. The first-order valence-corrected chi connectivity index (χ1v) is 8.31. The molecule has 0 fully saturated rings. The topological polar surface area (TPSA) is 91.2 Å². The van der Waals surface area contributed by atoms with Crippen LogP contribution < -0.4 is 10.1 Å². The molecule has 1 aliphatic rings. The molecule has 2 aromatic rings. The van der Waals surface area contributed by atoms with Gasteiger partial charge in [0.25, 0.3) is 0 Å². The molecule has 0 amide bonds. The number of aromatic nitrogens is 4. The summed E-state index contributed by atoms with van der Waals surface area (Å²) in [6.45, 7) is 6.56. The Hall–Kier alpha value is -2.90. The van der Waals surface area contributed by atoms with E-state index in [1.807, 2.05) is 45.0 Å². The number of allylic oxidation sites excluding steroid dienone is 1. The standard InChI is InChI=1S/C17H21N5O3/c1-4-10-25-16(23)14-11(3)18-17-19-20-21-22(17)15(14)12-8-6-7-9-13(12)24-5-2/h6-9,15H,4-5,10H2,1-3H3,(H,18,19,21)/t15-/m1/s1. The van der Waals surface area contributed by atoms with E-state index in [2.05, 4.69) is 20.8 Å². The van der Waals surface area contributed by atoms with E-state index in [1.54, 1.807) is 4.68 Å². The molecule has 1 atom stereocenters. The van der Waals surface area contributed by atoms with Crippen molar-refractivity contribution in [2.24, 2.45) is 0 Å². The number of fused-ring (bicyclic) bond motifs is 1. The Labute approximate surface area is 145 Å². The number of rotatable bonds is 6. The van der Waals surface area contributed by atoms with Gasteiger partial charge in [0.2, 0.25) is 5.95 Å². The van der Waals surface area contributed by atoms with Crippen LogP contribution in [0.5, 0.6) is 5.75 Å². The summed E-state index contributed by atoms with van der Waals surface area (Å²) < 4.78 is 12.7. The molecule has 3 rings (SSSR count). The summed E-state index contributed by atoms with van der Waals surface area (Å²) in [5, 5.41) is 14.8. The molecule has 0 spiro atoms. The van der Waals surface area contributed by atoms with Gasteiger partial charge in [-0.3, -0.25) is 0 Å². The van der Waals surface area contributed by atoms with Crippen LogP contribution in [-0.2, 0) is 9.53 Å². The molecular weight excluding hydrogens is 322 g/mol. The van der Waals surface area contributed by atoms with Gasteiger partial charge < -0.3 is 14.8 Å². The number of esters is 1. The summed E-state index contributed by atoms with van der Waals surface area (Å²) in [5.74, 6) is 0.775. The van der Waals surface area contributed by atoms with E-state index in [1.165, 1.54) is 0 Å². The Morgan fingerprint density at radius 1 is 1.32 bits per heavy atom. The number of carbonyl (C=O) groups is 1. The molecule has 1 aromatic carbocycles. The second-order valence-electron chi connectivity index (χ2n) is 5.62. The highest BCUT2D eigenvalue weighted by Gasteiger charge is 2.36. The summed E-state index contributed by atoms with van der Waals surface area (Å²) in [5.41, 5.74) is 1.95. The van der Waals surface area contributed by atoms with Crippen LogP contribution in [0, 0.1) is 0 Å². The molecule has 2 heterocycles. The Kier molecular flexibility index (Phi) is 4.97. The minimum absolute atomic E-state index is 0.359. The highest BCUT2D eigenvalue weighted by molar-refractivity contribution is 5.92. The van der Waals surface area contributed by atoms with Crippen molar-refractivity contribution in [3.05, 3.63) is 41.1 Å². The number of hydrogen-bond acceptors (Lipinski definition) is 7. The zero-order valence-electron chi connectivity index (χ0n) is 14.5. The minimum atomic E-state index is -0.515. The molecule has 0 bridgehead atoms. The van der Waals surface area contributed by atoms with E-state index in [0.29, 0.717) is 36.2 Å². The van der Waals surface area contributed by atoms with Crippen LogP contribution in [0.3, 0.4) is 0 Å². The third-order valence-electron chi connectivity index (χ3n) is 3.88. The first-order chi connectivity index (χ1) is 12.2. The van der Waals surface area contributed by atoms with Gasteiger partial charge in [-0.25, -0.2) is 4.79 Å². The van der Waals surface area contributed by atoms with E-state index in [-0.39, 0.29) is 5.97 Å². The van der Waals surface area contributed by atoms with Gasteiger partial charge in [0.1, 0.15) is 11.8 Å². The predicted octanol–water partition coefficient (Wildman–Crippen LogP) is 2.31. The smallest absolute Gasteiger partial charge is 0.338 e. The second-order valence-corrected chi connectivity index (χ2v) is 5.62. The van der Waals surface area contributed by atoms with Crippen LogP contribution in [0.2, 0.25) is 0 Å². The van der Waals surface area contributed by atoms with Gasteiger partial charge in [-0.15, -0.1) is 0 Å². The fraction of sp³-hybridized carbons (Fsp3) is 0.412. The average molecular weight is 343 g/mol. The van der Waals surface area contributed by atoms with Crippen LogP contribution in [0.15, 0.2) is 35.5 Å². The number of anilines is 1. The van der Waals surface area contributed by atoms with Gasteiger partial charge >= 0.3 is 5.97 Å². The quantitative estimate of drug-likeness (QED) is 0.805. The predicted molar refractivity (Wildman–Crippen MR) is 91.1 cm³/mol. The molecular formula is C17H21N5O3. The van der Waals surface area contributed by atoms with Gasteiger partial charge in [-0.1, -0.05) is 30.2 Å². The number of ether oxygens (including phenoxy) is 2. The second kappa shape index (κ2) is 7.33. The van der Waals surface area contributed by atoms with E-state index in [0.717, 1.165) is 12.0 Å². The average Bonchev–Trinajstić information content (AvgIpc) is 3.07. The van der Waals surface area contributed by atoms with Gasteiger partial charge in [0, 0.05) is 11.3 Å². The first-order valence-electron chi connectivity index (χ1n) is 8.31. The Bertz CT molecular complexity index is 799. The zero-order valence-corrected chi connectivity index (χ0v) is 14.5. The third-order valence-corrected chi connectivity index (χ3v) is 3.88. The summed E-state index contributed by atoms with van der Waals surface area (Å²) in [6, 6.07) is 7.05. The molecule has 0 saturated heterocycles. The molecule has 25 heavy (non-hydrogen) atoms. The molecule has 0 saturated carbocycles. The highest BCUT2D eigenvalue weighted by Crippen LogP contribution is 2.38. The summed E-state index contributed by atoms with van der Waals surface area (Å²) >= 11 is 0. The number of nitrogens with zero attached hydrogens (tertiary/aromatic N) is 4. The van der Waals surface area contributed by atoms with Crippen molar-refractivity contribution in [3.63, 3.8) is 0 Å². The van der Waals surface area contributed by atoms with Gasteiger partial charge in [-0.05, 0) is 36.8 Å². The number of nitrogens with one attached hydrogen (secondary N) is 1. The van der Waals surface area contributed by atoms with Gasteiger partial charge in [0.05, 0.1) is 18.8 Å². The van der Waals surface area contributed by atoms with Gasteiger partial charge in [0.15, 0.2) is 0 Å². The van der Waals surface area contributed by atoms with Crippen molar-refractivity contribution >= 4 is 11.9 Å². The molecule has 8 nitrogen and oxygen atoms in total. The minimum Gasteiger partial charge on any atom is -0.494 e. The maximum absolute atomic E-state index is 12.7. The fourth-order valence-corrected chi connectivity index (χ4v) is 2.83. The maximum atomic E-state index is 12.7. The monoisotopic (exact) mass is 343 g/mol. The van der Waals surface area contributed by atoms with Crippen molar-refractivity contribution in [2.45, 2.75) is 33.2 Å². The lowest BCUT2D eigenvalue weighted by atomic mass is 9.95. The number of benzene rings is 1. The number of hydrogen-bond donors (Lipinski definition) is 1. The number of tetrazole rings is 1. The summed E-state index contributed by atoms with van der Waals surface area (Å²) in [7, 11) is 0. The van der Waals surface area contributed by atoms with Crippen molar-refractivity contribution in [1.29, 1.82) is 0 Å². The molecule has 132 valence electrons. The van der Waals surface area contributed by atoms with E-state index >= 15 is 0 Å². The summed E-state index contributed by atoms with van der Waals surface area (Å²) in [4.78, 5) is 12.7. The van der Waals surface area contributed by atoms with E-state index in [4.69, 9.17) is 9.47 Å². The van der Waals surface area contributed by atoms with E-state index < -0.39 is 6.04 Å². The lowest BCUT2D eigenvalue weighted by Crippen LogP contribution is -2.30. The first kappa shape index (κ1) is 16.9. The molecule has 0 aliphatic carbocycles. The normalized spacial score (nSPS) is 16.2. The van der Waals surface area contributed by atoms with Crippen LogP contribution in [0.25, 0.3) is 0 Å². The SMILES string of the molecule is CCCOC(=O)C1=C(C)Nc2nnnn2[C@@H]1c1ccccc1OCC. The van der Waals surface area contributed by atoms with Crippen molar-refractivity contribution in [3.8, 4) is 5.75 Å². The number of carbonyl (C=O) groups excluding carboxylic acids is 1. The summed E-state index contributed by atoms with van der Waals surface area (Å²) in [6.07, 6.45) is 0.752. The molecule has 8 heteroatoms. The lowest BCUT2D eigenvalue weighted by molar-refractivity contribution is -0.139. The maximum Gasteiger partial charge on any atom is 0.338 e. The molecule has 1 aliphatic heterocycles. The third kappa shape index (κ3) is 3.19. The van der Waals surface area contributed by atoms with E-state index in [9.17, 15) is 4.79 Å². The largest absolute Gasteiger partial charge is 0.494 e. The Balaban J connectivity index is 2.11. The molecule has 0 unspecified atom stereocenters. The number of para-hydroxylation sites is 1. The Morgan fingerprint density at radius 3 is 2.88 bits per heavy atom. The molecule has 1 N–H and O–H groups in total.